The third-order valence-electron chi connectivity index (χ3n) is 2.23. The second-order valence-electron chi connectivity index (χ2n) is 3.32. The van der Waals surface area contributed by atoms with Crippen molar-refractivity contribution in [1.82, 2.24) is 9.97 Å². The van der Waals surface area contributed by atoms with Gasteiger partial charge in [0.2, 0.25) is 0 Å². The molecule has 0 amide bonds. The average Bonchev–Trinajstić information content (AvgIpc) is 2.39. The van der Waals surface area contributed by atoms with Gasteiger partial charge in [-0.2, -0.15) is 0 Å². The minimum Gasteiger partial charge on any atom is -0.373 e. The van der Waals surface area contributed by atoms with Gasteiger partial charge in [0.05, 0.1) is 4.92 Å². The highest BCUT2D eigenvalue weighted by Gasteiger charge is 2.08. The quantitative estimate of drug-likeness (QED) is 0.645. The van der Waals surface area contributed by atoms with Gasteiger partial charge in [-0.1, -0.05) is 12.1 Å². The van der Waals surface area contributed by atoms with Crippen LogP contribution in [-0.4, -0.2) is 21.9 Å². The molecule has 0 fully saturated rings. The van der Waals surface area contributed by atoms with E-state index in [1.165, 1.54) is 12.1 Å². The van der Waals surface area contributed by atoms with Gasteiger partial charge in [-0.25, -0.2) is 9.97 Å². The fourth-order valence-electron chi connectivity index (χ4n) is 1.40. The van der Waals surface area contributed by atoms with Crippen LogP contribution in [0.3, 0.4) is 0 Å². The number of nitro groups is 1. The van der Waals surface area contributed by atoms with Crippen molar-refractivity contribution in [3.63, 3.8) is 0 Å². The Morgan fingerprint density at radius 2 is 2.18 bits per heavy atom. The Kier molecular flexibility index (Phi) is 2.95. The van der Waals surface area contributed by atoms with Gasteiger partial charge >= 0.3 is 0 Å². The molecule has 0 radical (unpaired) electrons. The van der Waals surface area contributed by atoms with Crippen LogP contribution < -0.4 is 5.32 Å². The minimum atomic E-state index is -0.439. The highest BCUT2D eigenvalue weighted by atomic mass is 16.6. The van der Waals surface area contributed by atoms with Crippen molar-refractivity contribution in [2.45, 2.75) is 0 Å². The van der Waals surface area contributed by atoms with Gasteiger partial charge in [0.15, 0.2) is 5.82 Å². The fraction of sp³-hybridized carbons (Fsp3) is 0.0909. The second-order valence-corrected chi connectivity index (χ2v) is 3.32. The van der Waals surface area contributed by atoms with Gasteiger partial charge in [0.25, 0.3) is 5.69 Å². The molecule has 0 aliphatic heterocycles. The third-order valence-corrected chi connectivity index (χ3v) is 2.23. The van der Waals surface area contributed by atoms with Crippen molar-refractivity contribution in [3.8, 4) is 11.4 Å². The van der Waals surface area contributed by atoms with Crippen LogP contribution >= 0.6 is 0 Å². The lowest BCUT2D eigenvalue weighted by Crippen LogP contribution is -1.96. The zero-order valence-electron chi connectivity index (χ0n) is 9.12. The molecule has 0 atom stereocenters. The Balaban J connectivity index is 2.45. The van der Waals surface area contributed by atoms with E-state index in [0.717, 1.165) is 0 Å². The minimum absolute atomic E-state index is 0.0287. The number of non-ortho nitro benzene ring substituents is 1. The van der Waals surface area contributed by atoms with Gasteiger partial charge < -0.3 is 5.32 Å². The molecule has 2 aromatic rings. The summed E-state index contributed by atoms with van der Waals surface area (Å²) in [5.41, 5.74) is 0.650. The molecule has 0 saturated carbocycles. The highest BCUT2D eigenvalue weighted by molar-refractivity contribution is 5.60. The van der Waals surface area contributed by atoms with Gasteiger partial charge in [0.1, 0.15) is 5.82 Å². The van der Waals surface area contributed by atoms with E-state index in [4.69, 9.17) is 0 Å². The monoisotopic (exact) mass is 230 g/mol. The molecule has 0 saturated heterocycles. The van der Waals surface area contributed by atoms with Crippen molar-refractivity contribution < 1.29 is 4.92 Å². The fourth-order valence-corrected chi connectivity index (χ4v) is 1.40. The van der Waals surface area contributed by atoms with Crippen molar-refractivity contribution in [2.75, 3.05) is 12.4 Å². The van der Waals surface area contributed by atoms with Crippen LogP contribution in [0.15, 0.2) is 36.5 Å². The molecule has 1 N–H and O–H groups in total. The molecule has 86 valence electrons. The molecule has 0 spiro atoms. The lowest BCUT2D eigenvalue weighted by molar-refractivity contribution is -0.384. The number of anilines is 1. The van der Waals surface area contributed by atoms with E-state index in [0.29, 0.717) is 17.2 Å². The van der Waals surface area contributed by atoms with Crippen LogP contribution in [0.25, 0.3) is 11.4 Å². The van der Waals surface area contributed by atoms with E-state index in [1.807, 2.05) is 0 Å². The Morgan fingerprint density at radius 3 is 2.88 bits per heavy atom. The molecule has 2 rings (SSSR count). The summed E-state index contributed by atoms with van der Waals surface area (Å²) in [6, 6.07) is 7.96. The molecule has 0 bridgehead atoms. The van der Waals surface area contributed by atoms with Gasteiger partial charge in [-0.15, -0.1) is 0 Å². The summed E-state index contributed by atoms with van der Waals surface area (Å²) >= 11 is 0. The molecule has 1 aromatic carbocycles. The topological polar surface area (TPSA) is 81.0 Å². The first-order chi connectivity index (χ1) is 8.20. The smallest absolute Gasteiger partial charge is 0.270 e. The maximum absolute atomic E-state index is 10.7. The summed E-state index contributed by atoms with van der Waals surface area (Å²) in [5.74, 6) is 1.13. The van der Waals surface area contributed by atoms with Crippen molar-refractivity contribution >= 4 is 11.5 Å². The Morgan fingerprint density at radius 1 is 1.35 bits per heavy atom. The van der Waals surface area contributed by atoms with E-state index in [9.17, 15) is 10.1 Å². The largest absolute Gasteiger partial charge is 0.373 e. The molecular formula is C11H10N4O2. The predicted molar refractivity (Wildman–Crippen MR) is 63.7 cm³/mol. The molecule has 0 aliphatic carbocycles. The van der Waals surface area contributed by atoms with Gasteiger partial charge in [0, 0.05) is 30.9 Å². The molecule has 1 aromatic heterocycles. The Hall–Kier alpha value is -2.50. The molecule has 0 unspecified atom stereocenters. The number of benzene rings is 1. The molecule has 0 aliphatic rings. The maximum atomic E-state index is 10.7. The van der Waals surface area contributed by atoms with E-state index >= 15 is 0 Å². The third kappa shape index (κ3) is 2.36. The summed E-state index contributed by atoms with van der Waals surface area (Å²) in [5, 5.41) is 13.5. The summed E-state index contributed by atoms with van der Waals surface area (Å²) < 4.78 is 0. The SMILES string of the molecule is CNc1ccnc(-c2cccc([N+](=O)[O-])c2)n1. The van der Waals surface area contributed by atoms with Crippen LogP contribution in [-0.2, 0) is 0 Å². The zero-order chi connectivity index (χ0) is 12.3. The summed E-state index contributed by atoms with van der Waals surface area (Å²) in [6.45, 7) is 0. The first kappa shape index (κ1) is 11.0. The van der Waals surface area contributed by atoms with Gasteiger partial charge in [-0.05, 0) is 6.07 Å². The summed E-state index contributed by atoms with van der Waals surface area (Å²) in [7, 11) is 1.75. The number of hydrogen-bond acceptors (Lipinski definition) is 5. The van der Waals surface area contributed by atoms with E-state index in [-0.39, 0.29) is 5.69 Å². The number of aromatic nitrogens is 2. The first-order valence-corrected chi connectivity index (χ1v) is 4.96. The average molecular weight is 230 g/mol. The second kappa shape index (κ2) is 4.56. The highest BCUT2D eigenvalue weighted by Crippen LogP contribution is 2.21. The maximum Gasteiger partial charge on any atom is 0.270 e. The summed E-state index contributed by atoms with van der Waals surface area (Å²) in [6.07, 6.45) is 1.60. The Bertz CT molecular complexity index is 557. The van der Waals surface area contributed by atoms with Crippen molar-refractivity contribution in [3.05, 3.63) is 46.6 Å². The van der Waals surface area contributed by atoms with Crippen LogP contribution in [0.2, 0.25) is 0 Å². The Labute approximate surface area is 97.5 Å². The van der Waals surface area contributed by atoms with Crippen LogP contribution in [0.4, 0.5) is 11.5 Å². The summed E-state index contributed by atoms with van der Waals surface area (Å²) in [4.78, 5) is 18.5. The van der Waals surface area contributed by atoms with Crippen LogP contribution in [0.1, 0.15) is 0 Å². The predicted octanol–water partition coefficient (Wildman–Crippen LogP) is 2.09. The van der Waals surface area contributed by atoms with E-state index < -0.39 is 4.92 Å². The standard InChI is InChI=1S/C11H10N4O2/c1-12-10-5-6-13-11(14-10)8-3-2-4-9(7-8)15(16)17/h2-7H,1H3,(H,12,13,14). The number of nitro benzene ring substituents is 1. The zero-order valence-corrected chi connectivity index (χ0v) is 9.12. The molecule has 1 heterocycles. The molecular weight excluding hydrogens is 220 g/mol. The van der Waals surface area contributed by atoms with Crippen molar-refractivity contribution in [1.29, 1.82) is 0 Å². The molecule has 6 heteroatoms. The normalized spacial score (nSPS) is 9.94. The number of hydrogen-bond donors (Lipinski definition) is 1. The van der Waals surface area contributed by atoms with Gasteiger partial charge in [-0.3, -0.25) is 10.1 Å². The van der Waals surface area contributed by atoms with Crippen LogP contribution in [0.5, 0.6) is 0 Å². The van der Waals surface area contributed by atoms with Crippen molar-refractivity contribution in [2.24, 2.45) is 0 Å². The molecule has 17 heavy (non-hydrogen) atoms. The molecule has 6 nitrogen and oxygen atoms in total. The van der Waals surface area contributed by atoms with E-state index in [2.05, 4.69) is 15.3 Å². The van der Waals surface area contributed by atoms with Crippen LogP contribution in [0, 0.1) is 10.1 Å². The first-order valence-electron chi connectivity index (χ1n) is 4.96. The number of nitrogens with one attached hydrogen (secondary N) is 1. The number of nitrogens with zero attached hydrogens (tertiary/aromatic N) is 3. The lowest BCUT2D eigenvalue weighted by Gasteiger charge is -2.02. The number of rotatable bonds is 3. The van der Waals surface area contributed by atoms with E-state index in [1.54, 1.807) is 31.4 Å². The lowest BCUT2D eigenvalue weighted by atomic mass is 10.2.